The van der Waals surface area contributed by atoms with Gasteiger partial charge in [0.15, 0.2) is 0 Å². The number of halogens is 3. The van der Waals surface area contributed by atoms with Gasteiger partial charge in [0.2, 0.25) is 0 Å². The van der Waals surface area contributed by atoms with Crippen molar-refractivity contribution in [3.63, 3.8) is 0 Å². The van der Waals surface area contributed by atoms with Gasteiger partial charge in [0.25, 0.3) is 0 Å². The van der Waals surface area contributed by atoms with Crippen LogP contribution in [0.15, 0.2) is 41.8 Å². The van der Waals surface area contributed by atoms with Crippen LogP contribution < -0.4 is 26.5 Å². The molecule has 5 nitrogen and oxygen atoms in total. The first kappa shape index (κ1) is 23.8. The van der Waals surface area contributed by atoms with Crippen LogP contribution >= 0.6 is 0 Å². The second-order valence-corrected chi connectivity index (χ2v) is 8.19. The predicted octanol–water partition coefficient (Wildman–Crippen LogP) is 3.08. The van der Waals surface area contributed by atoms with E-state index in [0.29, 0.717) is 16.5 Å². The fourth-order valence-corrected chi connectivity index (χ4v) is 4.36. The Balaban J connectivity index is 1.69. The predicted molar refractivity (Wildman–Crippen MR) is 125 cm³/mol. The highest BCUT2D eigenvalue weighted by atomic mass is 19.1. The minimum atomic E-state index is -1.40. The lowest BCUT2D eigenvalue weighted by Crippen LogP contribution is -2.37. The molecule has 32 heavy (non-hydrogen) atoms. The molecule has 0 aromatic carbocycles. The highest BCUT2D eigenvalue weighted by Gasteiger charge is 2.23. The molecular formula is C24H32F3N5. The third kappa shape index (κ3) is 5.47. The molecule has 3 unspecified atom stereocenters. The lowest BCUT2D eigenvalue weighted by Gasteiger charge is -2.30. The van der Waals surface area contributed by atoms with Crippen molar-refractivity contribution in [1.82, 2.24) is 20.9 Å². The van der Waals surface area contributed by atoms with Crippen LogP contribution in [0.25, 0.3) is 17.6 Å². The lowest BCUT2D eigenvalue weighted by atomic mass is 9.91. The van der Waals surface area contributed by atoms with Crippen LogP contribution in [0.5, 0.6) is 0 Å². The number of allylic oxidation sites excluding steroid dienone is 1. The summed E-state index contributed by atoms with van der Waals surface area (Å²) in [4.78, 5) is 7.41. The molecule has 1 heterocycles. The van der Waals surface area contributed by atoms with Gasteiger partial charge in [-0.3, -0.25) is 4.99 Å². The van der Waals surface area contributed by atoms with E-state index in [4.69, 9.17) is 0 Å². The van der Waals surface area contributed by atoms with Gasteiger partial charge in [0.05, 0.1) is 22.8 Å². The maximum Gasteiger partial charge on any atom is 0.147 e. The molecule has 0 saturated heterocycles. The Hall–Kier alpha value is -2.90. The van der Waals surface area contributed by atoms with Gasteiger partial charge in [0, 0.05) is 42.2 Å². The van der Waals surface area contributed by atoms with Gasteiger partial charge in [-0.2, -0.15) is 0 Å². The van der Waals surface area contributed by atoms with E-state index in [9.17, 15) is 13.2 Å². The first-order valence-electron chi connectivity index (χ1n) is 11.0. The molecular weight excluding hydrogens is 415 g/mol. The van der Waals surface area contributed by atoms with Gasteiger partial charge in [0.1, 0.15) is 24.5 Å². The summed E-state index contributed by atoms with van der Waals surface area (Å²) in [6.07, 6.45) is 6.77. The smallest absolute Gasteiger partial charge is 0.147 e. The molecule has 3 rings (SSSR count). The zero-order valence-corrected chi connectivity index (χ0v) is 18.7. The SMILES string of the molecule is C=C(NC1CCCC(N=C(CF)NC(=C)c2c[nH]c3c2=CC(F)CC=3F)C1)/C(=C/C)NC. The Morgan fingerprint density at radius 3 is 2.81 bits per heavy atom. The van der Waals surface area contributed by atoms with Crippen molar-refractivity contribution in [3.05, 3.63) is 53.0 Å². The van der Waals surface area contributed by atoms with Gasteiger partial charge in [-0.25, -0.2) is 13.2 Å². The van der Waals surface area contributed by atoms with E-state index in [1.807, 2.05) is 20.0 Å². The van der Waals surface area contributed by atoms with Crippen molar-refractivity contribution in [2.45, 2.75) is 57.3 Å². The fraction of sp³-hybridized carbons (Fsp3) is 0.458. The zero-order chi connectivity index (χ0) is 23.3. The monoisotopic (exact) mass is 447 g/mol. The second-order valence-electron chi connectivity index (χ2n) is 8.19. The van der Waals surface area contributed by atoms with Gasteiger partial charge in [-0.05, 0) is 38.7 Å². The molecule has 1 saturated carbocycles. The van der Waals surface area contributed by atoms with Crippen molar-refractivity contribution < 1.29 is 13.2 Å². The number of aliphatic imine (C=N–C) groups is 1. The highest BCUT2D eigenvalue weighted by Crippen LogP contribution is 2.23. The summed E-state index contributed by atoms with van der Waals surface area (Å²) in [6, 6.07) is 0.153. The van der Waals surface area contributed by atoms with E-state index in [0.717, 1.165) is 37.1 Å². The minimum absolute atomic E-state index is 0.0450. The van der Waals surface area contributed by atoms with Crippen molar-refractivity contribution in [2.75, 3.05) is 13.7 Å². The summed E-state index contributed by atoms with van der Waals surface area (Å²) in [5, 5.41) is 10.1. The Morgan fingerprint density at radius 2 is 2.12 bits per heavy atom. The average molecular weight is 448 g/mol. The molecule has 4 N–H and O–H groups in total. The molecule has 1 fully saturated rings. The van der Waals surface area contributed by atoms with Crippen molar-refractivity contribution in [3.8, 4) is 0 Å². The fourth-order valence-electron chi connectivity index (χ4n) is 4.36. The van der Waals surface area contributed by atoms with Crippen LogP contribution in [0.1, 0.15) is 44.6 Å². The van der Waals surface area contributed by atoms with Crippen molar-refractivity contribution in [1.29, 1.82) is 0 Å². The standard InChI is InChI=1S/C24H32F3N5/c1-5-22(28-4)15(3)30-17-7-6-8-18(11-17)32-23(12-25)31-14(2)20-13-29-24-19(20)9-16(26)10-21(24)27/h5,9,13,16-18,28-30H,2-3,6-8,10-12H2,1,4H3,(H,31,32)/b22-5-. The largest absolute Gasteiger partial charge is 0.387 e. The minimum Gasteiger partial charge on any atom is -0.387 e. The van der Waals surface area contributed by atoms with Crippen LogP contribution in [0, 0.1) is 0 Å². The lowest BCUT2D eigenvalue weighted by molar-refractivity contribution is 0.358. The molecule has 2 aliphatic carbocycles. The summed E-state index contributed by atoms with van der Waals surface area (Å²) in [5.41, 5.74) is 2.62. The highest BCUT2D eigenvalue weighted by molar-refractivity contribution is 5.91. The number of hydrogen-bond acceptors (Lipinski definition) is 3. The number of nitrogens with one attached hydrogen (secondary N) is 4. The molecule has 2 aliphatic rings. The van der Waals surface area contributed by atoms with E-state index in [1.165, 1.54) is 6.08 Å². The number of fused-ring (bicyclic) bond motifs is 1. The molecule has 0 spiro atoms. The summed E-state index contributed by atoms with van der Waals surface area (Å²) in [5.74, 6) is -0.369. The second kappa shape index (κ2) is 10.6. The Labute approximate surface area is 187 Å². The Bertz CT molecular complexity index is 1040. The van der Waals surface area contributed by atoms with Crippen LogP contribution in [-0.2, 0) is 0 Å². The normalized spacial score (nSPS) is 23.8. The third-order valence-electron chi connectivity index (χ3n) is 5.91. The van der Waals surface area contributed by atoms with Gasteiger partial charge in [-0.15, -0.1) is 0 Å². The van der Waals surface area contributed by atoms with Crippen LogP contribution in [0.2, 0.25) is 0 Å². The number of hydrogen-bond donors (Lipinski definition) is 4. The van der Waals surface area contributed by atoms with E-state index in [1.54, 1.807) is 6.20 Å². The molecule has 174 valence electrons. The number of aromatic amines is 1. The van der Waals surface area contributed by atoms with Crippen LogP contribution in [0.4, 0.5) is 13.2 Å². The quantitative estimate of drug-likeness (QED) is 0.281. The summed E-state index contributed by atoms with van der Waals surface area (Å²) < 4.78 is 41.6. The van der Waals surface area contributed by atoms with E-state index in [2.05, 4.69) is 39.1 Å². The third-order valence-corrected chi connectivity index (χ3v) is 5.91. The van der Waals surface area contributed by atoms with E-state index in [-0.39, 0.29) is 29.7 Å². The summed E-state index contributed by atoms with van der Waals surface area (Å²) in [7, 11) is 1.85. The average Bonchev–Trinajstić information content (AvgIpc) is 3.18. The maximum absolute atomic E-state index is 14.0. The molecule has 0 bridgehead atoms. The molecule has 0 radical (unpaired) electrons. The number of likely N-dealkylation sites (N-methyl/N-ethyl adjacent to an activating group) is 1. The number of aromatic nitrogens is 1. The first-order valence-corrected chi connectivity index (χ1v) is 11.0. The summed E-state index contributed by atoms with van der Waals surface area (Å²) >= 11 is 0. The van der Waals surface area contributed by atoms with Gasteiger partial charge < -0.3 is 20.9 Å². The number of amidine groups is 1. The van der Waals surface area contributed by atoms with Gasteiger partial charge in [-0.1, -0.05) is 19.2 Å². The number of rotatable bonds is 8. The van der Waals surface area contributed by atoms with Crippen molar-refractivity contribution >= 4 is 23.4 Å². The molecule has 1 aromatic heterocycles. The molecule has 3 atom stereocenters. The molecule has 0 amide bonds. The van der Waals surface area contributed by atoms with Gasteiger partial charge >= 0.3 is 0 Å². The number of nitrogens with zero attached hydrogens (tertiary/aromatic N) is 1. The summed E-state index contributed by atoms with van der Waals surface area (Å²) in [6.45, 7) is 9.18. The van der Waals surface area contributed by atoms with Crippen molar-refractivity contribution in [2.24, 2.45) is 4.99 Å². The zero-order valence-electron chi connectivity index (χ0n) is 18.7. The topological polar surface area (TPSA) is 64.2 Å². The molecule has 1 aromatic rings. The molecule has 0 aliphatic heterocycles. The van der Waals surface area contributed by atoms with E-state index >= 15 is 0 Å². The Kier molecular flexibility index (Phi) is 7.88. The van der Waals surface area contributed by atoms with E-state index < -0.39 is 18.7 Å². The molecule has 8 heteroatoms. The number of alkyl halides is 2. The first-order chi connectivity index (χ1) is 15.4. The Morgan fingerprint density at radius 1 is 1.34 bits per heavy atom. The van der Waals surface area contributed by atoms with Crippen LogP contribution in [0.3, 0.4) is 0 Å². The maximum atomic E-state index is 14.0. The number of H-pyrrole nitrogens is 1. The van der Waals surface area contributed by atoms with Crippen LogP contribution in [-0.4, -0.2) is 42.8 Å².